The average molecular weight is 335 g/mol. The van der Waals surface area contributed by atoms with E-state index >= 15 is 0 Å². The van der Waals surface area contributed by atoms with Crippen LogP contribution in [0.4, 0.5) is 4.79 Å². The Morgan fingerprint density at radius 3 is 2.79 bits per heavy atom. The van der Waals surface area contributed by atoms with Gasteiger partial charge in [0.15, 0.2) is 6.10 Å². The number of amides is 3. The number of nitrogens with one attached hydrogen (secondary N) is 1. The second kappa shape index (κ2) is 9.12. The summed E-state index contributed by atoms with van der Waals surface area (Å²) in [6.45, 7) is 2.20. The lowest BCUT2D eigenvalue weighted by molar-refractivity contribution is -0.145. The van der Waals surface area contributed by atoms with Gasteiger partial charge in [-0.25, -0.2) is 4.79 Å². The quantitative estimate of drug-likeness (QED) is 0.786. The summed E-state index contributed by atoms with van der Waals surface area (Å²) >= 11 is 0. The Labute approximate surface area is 142 Å². The monoisotopic (exact) mass is 335 g/mol. The zero-order valence-electron chi connectivity index (χ0n) is 14.2. The minimum atomic E-state index is -0.582. The molecular weight excluding hydrogens is 310 g/mol. The molecule has 1 N–H and O–H groups in total. The van der Waals surface area contributed by atoms with Crippen LogP contribution >= 0.6 is 0 Å². The van der Waals surface area contributed by atoms with E-state index in [1.54, 1.807) is 19.0 Å². The molecule has 0 radical (unpaired) electrons. The van der Waals surface area contributed by atoms with Crippen LogP contribution in [-0.2, 0) is 9.53 Å². The first-order valence-electron chi connectivity index (χ1n) is 8.11. The van der Waals surface area contributed by atoms with Crippen molar-refractivity contribution in [2.45, 2.75) is 12.5 Å². The van der Waals surface area contributed by atoms with Crippen LogP contribution < -0.4 is 10.1 Å². The second-order valence-corrected chi connectivity index (χ2v) is 5.79. The number of likely N-dealkylation sites (N-methyl/N-ethyl adjacent to an activating group) is 1. The molecule has 0 unspecified atom stereocenters. The molecule has 1 aromatic carbocycles. The lowest BCUT2D eigenvalue weighted by Gasteiger charge is -2.33. The molecule has 1 fully saturated rings. The molecule has 1 heterocycles. The van der Waals surface area contributed by atoms with Gasteiger partial charge in [-0.2, -0.15) is 0 Å². The van der Waals surface area contributed by atoms with Crippen molar-refractivity contribution < 1.29 is 19.1 Å². The van der Waals surface area contributed by atoms with Gasteiger partial charge in [-0.05, 0) is 18.6 Å². The van der Waals surface area contributed by atoms with Crippen LogP contribution in [0.3, 0.4) is 0 Å². The Morgan fingerprint density at radius 1 is 1.33 bits per heavy atom. The van der Waals surface area contributed by atoms with Crippen LogP contribution in [0.1, 0.15) is 6.42 Å². The van der Waals surface area contributed by atoms with E-state index in [-0.39, 0.29) is 18.5 Å². The van der Waals surface area contributed by atoms with Crippen molar-refractivity contribution in [3.63, 3.8) is 0 Å². The number of morpholine rings is 1. The molecule has 1 aliphatic rings. The Balaban J connectivity index is 1.65. The lowest BCUT2D eigenvalue weighted by atomic mass is 10.2. The van der Waals surface area contributed by atoms with Crippen LogP contribution in [0, 0.1) is 0 Å². The topological polar surface area (TPSA) is 71.1 Å². The van der Waals surface area contributed by atoms with Crippen molar-refractivity contribution in [2.75, 3.05) is 46.9 Å². The fourth-order valence-corrected chi connectivity index (χ4v) is 2.36. The summed E-state index contributed by atoms with van der Waals surface area (Å²) in [5, 5.41) is 2.85. The molecule has 2 rings (SSSR count). The molecule has 1 aromatic rings. The number of ether oxygens (including phenoxy) is 2. The van der Waals surface area contributed by atoms with Gasteiger partial charge in [0.05, 0.1) is 19.8 Å². The Bertz CT molecular complexity index is 536. The van der Waals surface area contributed by atoms with Crippen LogP contribution in [0.5, 0.6) is 5.75 Å². The number of rotatable bonds is 6. The maximum absolute atomic E-state index is 12.2. The number of carbonyl (C=O) groups is 2. The number of carbonyl (C=O) groups excluding carboxylic acids is 2. The van der Waals surface area contributed by atoms with Gasteiger partial charge in [0, 0.05) is 27.2 Å². The third-order valence-electron chi connectivity index (χ3n) is 3.68. The van der Waals surface area contributed by atoms with Gasteiger partial charge >= 0.3 is 6.03 Å². The molecule has 1 atom stereocenters. The van der Waals surface area contributed by atoms with Gasteiger partial charge < -0.3 is 24.6 Å². The fourth-order valence-electron chi connectivity index (χ4n) is 2.36. The summed E-state index contributed by atoms with van der Waals surface area (Å²) in [7, 11) is 3.36. The van der Waals surface area contributed by atoms with E-state index in [0.717, 1.165) is 5.75 Å². The minimum Gasteiger partial charge on any atom is -0.494 e. The molecule has 0 aliphatic carbocycles. The molecule has 0 aromatic heterocycles. The van der Waals surface area contributed by atoms with E-state index in [2.05, 4.69) is 5.32 Å². The first kappa shape index (κ1) is 18.1. The van der Waals surface area contributed by atoms with E-state index in [0.29, 0.717) is 32.7 Å². The highest BCUT2D eigenvalue weighted by Crippen LogP contribution is 2.09. The van der Waals surface area contributed by atoms with Crippen LogP contribution in [0.25, 0.3) is 0 Å². The molecule has 24 heavy (non-hydrogen) atoms. The highest BCUT2D eigenvalue weighted by atomic mass is 16.5. The van der Waals surface area contributed by atoms with E-state index in [9.17, 15) is 9.59 Å². The molecule has 7 nitrogen and oxygen atoms in total. The highest BCUT2D eigenvalue weighted by Gasteiger charge is 2.29. The number of benzene rings is 1. The molecule has 1 saturated heterocycles. The number of hydrogen-bond donors (Lipinski definition) is 1. The van der Waals surface area contributed by atoms with Gasteiger partial charge in [-0.1, -0.05) is 18.2 Å². The predicted molar refractivity (Wildman–Crippen MR) is 90.0 cm³/mol. The van der Waals surface area contributed by atoms with Crippen molar-refractivity contribution in [1.29, 1.82) is 0 Å². The van der Waals surface area contributed by atoms with E-state index in [4.69, 9.17) is 9.47 Å². The van der Waals surface area contributed by atoms with Crippen LogP contribution in [0.15, 0.2) is 30.3 Å². The summed E-state index contributed by atoms with van der Waals surface area (Å²) in [5.74, 6) is 0.700. The summed E-state index contributed by atoms with van der Waals surface area (Å²) in [6, 6.07) is 9.39. The zero-order valence-corrected chi connectivity index (χ0v) is 14.2. The van der Waals surface area contributed by atoms with Crippen molar-refractivity contribution in [3.05, 3.63) is 30.3 Å². The lowest BCUT2D eigenvalue weighted by Crippen LogP contribution is -2.53. The third kappa shape index (κ3) is 5.42. The molecule has 3 amide bonds. The third-order valence-corrected chi connectivity index (χ3v) is 3.68. The highest BCUT2D eigenvalue weighted by molar-refractivity contribution is 5.82. The van der Waals surface area contributed by atoms with Crippen molar-refractivity contribution >= 4 is 11.9 Å². The Morgan fingerprint density at radius 2 is 2.08 bits per heavy atom. The van der Waals surface area contributed by atoms with Crippen molar-refractivity contribution in [2.24, 2.45) is 0 Å². The van der Waals surface area contributed by atoms with Crippen molar-refractivity contribution in [3.8, 4) is 5.75 Å². The van der Waals surface area contributed by atoms with Gasteiger partial charge in [0.25, 0.3) is 5.91 Å². The van der Waals surface area contributed by atoms with E-state index in [1.807, 2.05) is 30.3 Å². The number of hydrogen-bond acceptors (Lipinski definition) is 4. The van der Waals surface area contributed by atoms with Crippen LogP contribution in [0.2, 0.25) is 0 Å². The fraction of sp³-hybridized carbons (Fsp3) is 0.529. The minimum absolute atomic E-state index is 0.122. The Hall–Kier alpha value is -2.28. The first-order valence-corrected chi connectivity index (χ1v) is 8.11. The normalized spacial score (nSPS) is 17.2. The summed E-state index contributed by atoms with van der Waals surface area (Å²) in [6.07, 6.45) is 0.131. The summed E-state index contributed by atoms with van der Waals surface area (Å²) in [5.41, 5.74) is 0. The summed E-state index contributed by atoms with van der Waals surface area (Å²) < 4.78 is 11.0. The molecule has 0 bridgehead atoms. The number of para-hydroxylation sites is 1. The first-order chi connectivity index (χ1) is 11.6. The van der Waals surface area contributed by atoms with Gasteiger partial charge in [-0.15, -0.1) is 0 Å². The van der Waals surface area contributed by atoms with E-state index in [1.165, 1.54) is 4.90 Å². The maximum atomic E-state index is 12.2. The average Bonchev–Trinajstić information content (AvgIpc) is 2.61. The summed E-state index contributed by atoms with van der Waals surface area (Å²) in [4.78, 5) is 27.2. The second-order valence-electron chi connectivity index (χ2n) is 5.79. The number of urea groups is 1. The zero-order chi connectivity index (χ0) is 17.4. The molecule has 132 valence electrons. The molecular formula is C17H25N3O4. The van der Waals surface area contributed by atoms with E-state index < -0.39 is 6.10 Å². The largest absolute Gasteiger partial charge is 0.494 e. The molecule has 0 spiro atoms. The molecule has 1 aliphatic heterocycles. The van der Waals surface area contributed by atoms with Gasteiger partial charge in [-0.3, -0.25) is 4.79 Å². The standard InChI is InChI=1S/C17H25N3O4/c1-19(2)16(21)15-13-20(10-12-24-15)17(22)18-9-6-11-23-14-7-4-3-5-8-14/h3-5,7-8,15H,6,9-13H2,1-2H3,(H,18,22)/t15-/m1/s1. The maximum Gasteiger partial charge on any atom is 0.317 e. The number of nitrogens with zero attached hydrogens (tertiary/aromatic N) is 2. The van der Waals surface area contributed by atoms with Crippen LogP contribution in [-0.4, -0.2) is 74.8 Å². The molecule has 0 saturated carbocycles. The predicted octanol–water partition coefficient (Wildman–Crippen LogP) is 0.954. The van der Waals surface area contributed by atoms with Gasteiger partial charge in [0.2, 0.25) is 0 Å². The molecule has 7 heteroatoms. The smallest absolute Gasteiger partial charge is 0.317 e. The SMILES string of the molecule is CN(C)C(=O)[C@H]1CN(C(=O)NCCCOc2ccccc2)CCO1. The Kier molecular flexibility index (Phi) is 6.87. The van der Waals surface area contributed by atoms with Gasteiger partial charge in [0.1, 0.15) is 5.75 Å². The van der Waals surface area contributed by atoms with Crippen molar-refractivity contribution in [1.82, 2.24) is 15.1 Å².